The number of nitrogens with one attached hydrogen (secondary N) is 1. The van der Waals surface area contributed by atoms with Gasteiger partial charge >= 0.3 is 0 Å². The first-order valence-corrected chi connectivity index (χ1v) is 9.60. The van der Waals surface area contributed by atoms with E-state index in [0.29, 0.717) is 29.5 Å². The number of nitrogens with two attached hydrogens (primary N) is 1. The van der Waals surface area contributed by atoms with Crippen molar-refractivity contribution in [2.24, 2.45) is 0 Å². The van der Waals surface area contributed by atoms with Gasteiger partial charge in [-0.1, -0.05) is 25.8 Å². The number of hydrogen-bond donors (Lipinski definition) is 5. The van der Waals surface area contributed by atoms with Crippen LogP contribution in [0.2, 0.25) is 0 Å². The number of nitrogen functional groups attached to an aromatic ring is 1. The fourth-order valence-electron chi connectivity index (χ4n) is 3.22. The number of anilines is 2. The summed E-state index contributed by atoms with van der Waals surface area (Å²) in [5.74, 6) is 1.03. The summed E-state index contributed by atoms with van der Waals surface area (Å²) >= 11 is 0. The Labute approximate surface area is 163 Å². The third kappa shape index (κ3) is 3.81. The lowest BCUT2D eigenvalue weighted by molar-refractivity contribution is -0.0501. The van der Waals surface area contributed by atoms with Gasteiger partial charge in [-0.2, -0.15) is 0 Å². The molecule has 0 aromatic carbocycles. The van der Waals surface area contributed by atoms with Gasteiger partial charge in [-0.3, -0.25) is 4.57 Å². The second-order valence-electron chi connectivity index (χ2n) is 6.75. The lowest BCUT2D eigenvalue weighted by atomic mass is 10.1. The number of unbranched alkanes of at least 4 members (excludes halogenated alkanes) is 2. The van der Waals surface area contributed by atoms with Gasteiger partial charge in [0.25, 0.3) is 0 Å². The average molecular weight is 392 g/mol. The highest BCUT2D eigenvalue weighted by atomic mass is 16.6. The summed E-state index contributed by atoms with van der Waals surface area (Å²) in [5, 5.41) is 33.1. The fraction of sp³-hybridized carbons (Fsp3) is 0.611. The second kappa shape index (κ2) is 8.82. The van der Waals surface area contributed by atoms with Gasteiger partial charge < -0.3 is 31.1 Å². The molecule has 6 N–H and O–H groups in total. The number of imidazole rings is 1. The smallest absolute Gasteiger partial charge is 0.207 e. The van der Waals surface area contributed by atoms with Gasteiger partial charge in [0, 0.05) is 6.54 Å². The third-order valence-electron chi connectivity index (χ3n) is 4.68. The van der Waals surface area contributed by atoms with Crippen LogP contribution in [0.3, 0.4) is 0 Å². The van der Waals surface area contributed by atoms with E-state index in [-0.39, 0.29) is 5.82 Å². The summed E-state index contributed by atoms with van der Waals surface area (Å²) in [6, 6.07) is 0. The standard InChI is InChI=1S/C18H28N6O4/c1-3-5-6-7-8-11-21-15(19)12-16(22-11)24(18(23-12)20-4-2)17-14(27)13(26)10(9-25)28-17/h7-8,10,13-14,17,25-27H,3-6,9H2,1-2H3,(H,20,23)(H2,19,21,22)/b8-7+. The third-order valence-corrected chi connectivity index (χ3v) is 4.68. The summed E-state index contributed by atoms with van der Waals surface area (Å²) in [6.45, 7) is 4.17. The van der Waals surface area contributed by atoms with Crippen molar-refractivity contribution in [1.82, 2.24) is 19.5 Å². The number of aliphatic hydroxyl groups is 3. The zero-order chi connectivity index (χ0) is 20.3. The fourth-order valence-corrected chi connectivity index (χ4v) is 3.22. The highest BCUT2D eigenvalue weighted by Gasteiger charge is 2.45. The molecule has 0 aliphatic carbocycles. The topological polar surface area (TPSA) is 152 Å². The van der Waals surface area contributed by atoms with Crippen molar-refractivity contribution in [1.29, 1.82) is 0 Å². The van der Waals surface area contributed by atoms with Crippen molar-refractivity contribution in [2.75, 3.05) is 24.2 Å². The van der Waals surface area contributed by atoms with Crippen molar-refractivity contribution in [3.05, 3.63) is 11.9 Å². The van der Waals surface area contributed by atoms with E-state index in [9.17, 15) is 15.3 Å². The predicted octanol–water partition coefficient (Wildman–Crippen LogP) is 0.655. The molecule has 10 nitrogen and oxygen atoms in total. The molecule has 1 fully saturated rings. The first-order valence-electron chi connectivity index (χ1n) is 9.60. The first-order chi connectivity index (χ1) is 13.5. The molecule has 1 aliphatic heterocycles. The van der Waals surface area contributed by atoms with Crippen LogP contribution in [0, 0.1) is 0 Å². The van der Waals surface area contributed by atoms with Crippen molar-refractivity contribution >= 4 is 29.0 Å². The maximum atomic E-state index is 10.5. The number of fused-ring (bicyclic) bond motifs is 1. The Hall–Kier alpha value is -2.27. The summed E-state index contributed by atoms with van der Waals surface area (Å²) < 4.78 is 7.24. The van der Waals surface area contributed by atoms with Crippen molar-refractivity contribution < 1.29 is 20.1 Å². The Morgan fingerprint density at radius 1 is 1.21 bits per heavy atom. The van der Waals surface area contributed by atoms with Crippen LogP contribution in [0.15, 0.2) is 6.08 Å². The lowest BCUT2D eigenvalue weighted by Crippen LogP contribution is -2.33. The van der Waals surface area contributed by atoms with E-state index in [0.717, 1.165) is 19.3 Å². The number of aliphatic hydroxyl groups excluding tert-OH is 3. The van der Waals surface area contributed by atoms with Crippen LogP contribution >= 0.6 is 0 Å². The van der Waals surface area contributed by atoms with Gasteiger partial charge in [-0.05, 0) is 19.4 Å². The first kappa shape index (κ1) is 20.5. The predicted molar refractivity (Wildman–Crippen MR) is 105 cm³/mol. The van der Waals surface area contributed by atoms with Gasteiger partial charge in [0.1, 0.15) is 18.3 Å². The highest BCUT2D eigenvalue weighted by Crippen LogP contribution is 2.35. The molecule has 4 unspecified atom stereocenters. The maximum Gasteiger partial charge on any atom is 0.207 e. The number of allylic oxidation sites excluding steroid dienone is 1. The zero-order valence-electron chi connectivity index (χ0n) is 16.1. The van der Waals surface area contributed by atoms with Gasteiger partial charge in [0.05, 0.1) is 6.61 Å². The monoisotopic (exact) mass is 392 g/mol. The number of hydrogen-bond acceptors (Lipinski definition) is 9. The summed E-state index contributed by atoms with van der Waals surface area (Å²) in [4.78, 5) is 13.3. The van der Waals surface area contributed by atoms with Crippen LogP contribution in [0.4, 0.5) is 11.8 Å². The quantitative estimate of drug-likeness (QED) is 0.408. The summed E-state index contributed by atoms with van der Waals surface area (Å²) in [7, 11) is 0. The molecule has 0 radical (unpaired) electrons. The molecule has 1 aliphatic rings. The molecule has 2 aromatic heterocycles. The molecule has 28 heavy (non-hydrogen) atoms. The molecule has 3 heterocycles. The molecule has 0 saturated carbocycles. The molecule has 3 rings (SSSR count). The van der Waals surface area contributed by atoms with Crippen molar-refractivity contribution in [3.63, 3.8) is 0 Å². The Morgan fingerprint density at radius 3 is 2.64 bits per heavy atom. The van der Waals surface area contributed by atoms with E-state index in [1.165, 1.54) is 0 Å². The second-order valence-corrected chi connectivity index (χ2v) is 6.75. The van der Waals surface area contributed by atoms with E-state index >= 15 is 0 Å². The molecule has 0 spiro atoms. The van der Waals surface area contributed by atoms with Crippen LogP contribution in [0.25, 0.3) is 17.2 Å². The number of nitrogens with zero attached hydrogens (tertiary/aromatic N) is 4. The van der Waals surface area contributed by atoms with E-state index in [4.69, 9.17) is 10.5 Å². The van der Waals surface area contributed by atoms with Crippen molar-refractivity contribution in [3.8, 4) is 0 Å². The maximum absolute atomic E-state index is 10.5. The molecular formula is C18H28N6O4. The number of ether oxygens (including phenoxy) is 1. The molecular weight excluding hydrogens is 364 g/mol. The van der Waals surface area contributed by atoms with Crippen LogP contribution in [0.5, 0.6) is 0 Å². The van der Waals surface area contributed by atoms with E-state index < -0.39 is 31.1 Å². The summed E-state index contributed by atoms with van der Waals surface area (Å²) in [6.07, 6.45) is 2.50. The van der Waals surface area contributed by atoms with Crippen LogP contribution in [-0.4, -0.2) is 66.3 Å². The highest BCUT2D eigenvalue weighted by molar-refractivity contribution is 5.85. The van der Waals surface area contributed by atoms with Gasteiger partial charge in [-0.25, -0.2) is 15.0 Å². The molecule has 1 saturated heterocycles. The number of aromatic nitrogens is 4. The lowest BCUT2D eigenvalue weighted by Gasteiger charge is -2.19. The SMILES string of the molecule is CCCC/C=C/c1nc(N)c2nc(NCC)n(C3OC(CO)C(O)C3O)c2n1. The number of rotatable bonds is 8. The molecule has 4 atom stereocenters. The Balaban J connectivity index is 2.07. The van der Waals surface area contributed by atoms with Gasteiger partial charge in [-0.15, -0.1) is 0 Å². The normalized spacial score (nSPS) is 25.2. The van der Waals surface area contributed by atoms with Crippen LogP contribution < -0.4 is 11.1 Å². The Kier molecular flexibility index (Phi) is 6.45. The van der Waals surface area contributed by atoms with Crippen molar-refractivity contribution in [2.45, 2.75) is 57.6 Å². The minimum atomic E-state index is -1.26. The minimum Gasteiger partial charge on any atom is -0.394 e. The molecule has 0 bridgehead atoms. The van der Waals surface area contributed by atoms with Crippen LogP contribution in [-0.2, 0) is 4.74 Å². The largest absolute Gasteiger partial charge is 0.394 e. The Morgan fingerprint density at radius 2 is 2.00 bits per heavy atom. The van der Waals surface area contributed by atoms with E-state index in [2.05, 4.69) is 27.2 Å². The van der Waals surface area contributed by atoms with Crippen LogP contribution in [0.1, 0.15) is 45.2 Å². The van der Waals surface area contributed by atoms with Gasteiger partial charge in [0.15, 0.2) is 29.0 Å². The molecule has 154 valence electrons. The van der Waals surface area contributed by atoms with E-state index in [1.807, 2.05) is 13.0 Å². The average Bonchev–Trinajstić information content (AvgIpc) is 3.17. The molecule has 2 aromatic rings. The van der Waals surface area contributed by atoms with E-state index in [1.54, 1.807) is 10.6 Å². The zero-order valence-corrected chi connectivity index (χ0v) is 16.1. The Bertz CT molecular complexity index is 839. The van der Waals surface area contributed by atoms with Gasteiger partial charge in [0.2, 0.25) is 5.95 Å². The molecule has 0 amide bonds. The minimum absolute atomic E-state index is 0.213. The molecule has 10 heteroatoms. The summed E-state index contributed by atoms with van der Waals surface area (Å²) in [5.41, 5.74) is 6.86.